The fourth-order valence-electron chi connectivity index (χ4n) is 2.37. The zero-order valence-electron chi connectivity index (χ0n) is 10.4. The first-order chi connectivity index (χ1) is 9.24. The Morgan fingerprint density at radius 2 is 1.89 bits per heavy atom. The summed E-state index contributed by atoms with van der Waals surface area (Å²) in [4.78, 5) is 12.3. The van der Waals surface area contributed by atoms with Crippen LogP contribution in [0.5, 0.6) is 11.5 Å². The van der Waals surface area contributed by atoms with Gasteiger partial charge in [0, 0.05) is 12.0 Å². The summed E-state index contributed by atoms with van der Waals surface area (Å²) in [7, 11) is 0. The average molecular weight is 254 g/mol. The molecule has 19 heavy (non-hydrogen) atoms. The highest BCUT2D eigenvalue weighted by molar-refractivity contribution is 5.89. The molecule has 0 bridgehead atoms. The topological polar surface area (TPSA) is 46.5 Å². The molecule has 0 radical (unpaired) electrons. The van der Waals surface area contributed by atoms with Gasteiger partial charge in [-0.3, -0.25) is 4.79 Å². The second-order valence-electron chi connectivity index (χ2n) is 4.71. The van der Waals surface area contributed by atoms with Gasteiger partial charge in [-0.2, -0.15) is 0 Å². The molecule has 96 valence electrons. The number of benzene rings is 2. The van der Waals surface area contributed by atoms with E-state index in [1.165, 1.54) is 0 Å². The molecule has 0 aromatic heterocycles. The van der Waals surface area contributed by atoms with Crippen molar-refractivity contribution in [2.24, 2.45) is 0 Å². The minimum atomic E-state index is -0.176. The Hall–Kier alpha value is -2.29. The van der Waals surface area contributed by atoms with Crippen molar-refractivity contribution in [3.8, 4) is 11.5 Å². The summed E-state index contributed by atoms with van der Waals surface area (Å²) in [5.74, 6) is 0.998. The van der Waals surface area contributed by atoms with Gasteiger partial charge in [0.05, 0.1) is 5.92 Å². The number of hydrogen-bond acceptors (Lipinski definition) is 3. The lowest BCUT2D eigenvalue weighted by Gasteiger charge is -2.08. The summed E-state index contributed by atoms with van der Waals surface area (Å²) < 4.78 is 5.53. The molecule has 3 rings (SSSR count). The van der Waals surface area contributed by atoms with Crippen LogP contribution in [-0.2, 0) is 11.2 Å². The van der Waals surface area contributed by atoms with Crippen molar-refractivity contribution in [1.82, 2.24) is 0 Å². The van der Waals surface area contributed by atoms with Gasteiger partial charge in [0.2, 0.25) is 0 Å². The number of fused-ring (bicyclic) bond motifs is 1. The average Bonchev–Trinajstić information content (AvgIpc) is 2.85. The van der Waals surface area contributed by atoms with Gasteiger partial charge in [0.25, 0.3) is 0 Å². The van der Waals surface area contributed by atoms with Gasteiger partial charge >= 0.3 is 0 Å². The van der Waals surface area contributed by atoms with E-state index in [1.807, 2.05) is 24.3 Å². The first-order valence-electron chi connectivity index (χ1n) is 6.26. The number of rotatable bonds is 3. The number of phenolic OH excluding ortho intramolecular Hbond substituents is 1. The third-order valence-electron chi connectivity index (χ3n) is 3.40. The predicted molar refractivity (Wildman–Crippen MR) is 71.5 cm³/mol. The summed E-state index contributed by atoms with van der Waals surface area (Å²) in [6.45, 7) is 0.427. The monoisotopic (exact) mass is 254 g/mol. The van der Waals surface area contributed by atoms with E-state index in [-0.39, 0.29) is 17.5 Å². The van der Waals surface area contributed by atoms with Crippen LogP contribution in [0, 0.1) is 0 Å². The summed E-state index contributed by atoms with van der Waals surface area (Å²) in [5, 5.41) is 9.23. The molecule has 0 amide bonds. The molecule has 0 saturated heterocycles. The van der Waals surface area contributed by atoms with Gasteiger partial charge in [-0.15, -0.1) is 0 Å². The molecule has 1 aliphatic rings. The molecule has 2 aromatic carbocycles. The van der Waals surface area contributed by atoms with Gasteiger partial charge in [-0.1, -0.05) is 30.3 Å². The molecule has 0 fully saturated rings. The lowest BCUT2D eigenvalue weighted by molar-refractivity contribution is -0.120. The van der Waals surface area contributed by atoms with Crippen molar-refractivity contribution in [3.05, 3.63) is 59.7 Å². The number of ketones is 1. The van der Waals surface area contributed by atoms with E-state index in [9.17, 15) is 9.90 Å². The molecule has 2 aromatic rings. The Labute approximate surface area is 111 Å². The Balaban J connectivity index is 1.77. The summed E-state index contributed by atoms with van der Waals surface area (Å²) in [6.07, 6.45) is 0.364. The molecule has 0 spiro atoms. The van der Waals surface area contributed by atoms with Gasteiger partial charge in [-0.25, -0.2) is 0 Å². The minimum absolute atomic E-state index is 0.149. The normalized spacial score (nSPS) is 16.7. The van der Waals surface area contributed by atoms with Crippen LogP contribution in [0.1, 0.15) is 17.0 Å². The van der Waals surface area contributed by atoms with Crippen LogP contribution in [-0.4, -0.2) is 17.5 Å². The lowest BCUT2D eigenvalue weighted by atomic mass is 9.93. The van der Waals surface area contributed by atoms with Crippen molar-refractivity contribution in [1.29, 1.82) is 0 Å². The number of para-hydroxylation sites is 1. The second kappa shape index (κ2) is 4.76. The smallest absolute Gasteiger partial charge is 0.148 e. The number of Topliss-reactive ketones (excluding diaryl/α,β-unsaturated/α-hetero) is 1. The van der Waals surface area contributed by atoms with Crippen molar-refractivity contribution in [3.63, 3.8) is 0 Å². The number of carbonyl (C=O) groups is 1. The SMILES string of the molecule is O=C(Cc1ccc(O)cc1)C1COc2ccccc21. The maximum atomic E-state index is 12.3. The van der Waals surface area contributed by atoms with Crippen LogP contribution in [0.3, 0.4) is 0 Å². The molecule has 0 aliphatic carbocycles. The van der Waals surface area contributed by atoms with E-state index in [1.54, 1.807) is 24.3 Å². The fourth-order valence-corrected chi connectivity index (χ4v) is 2.37. The molecular weight excluding hydrogens is 240 g/mol. The van der Waals surface area contributed by atoms with Crippen molar-refractivity contribution < 1.29 is 14.6 Å². The van der Waals surface area contributed by atoms with Crippen LogP contribution in [0.25, 0.3) is 0 Å². The molecular formula is C16H14O3. The van der Waals surface area contributed by atoms with Crippen LogP contribution in [0.15, 0.2) is 48.5 Å². The summed E-state index contributed by atoms with van der Waals surface area (Å²) >= 11 is 0. The first-order valence-corrected chi connectivity index (χ1v) is 6.26. The second-order valence-corrected chi connectivity index (χ2v) is 4.71. The van der Waals surface area contributed by atoms with E-state index >= 15 is 0 Å². The Morgan fingerprint density at radius 1 is 1.16 bits per heavy atom. The van der Waals surface area contributed by atoms with Gasteiger partial charge in [0.15, 0.2) is 0 Å². The van der Waals surface area contributed by atoms with Crippen molar-refractivity contribution in [2.75, 3.05) is 6.61 Å². The Morgan fingerprint density at radius 3 is 2.68 bits per heavy atom. The van der Waals surface area contributed by atoms with E-state index in [4.69, 9.17) is 4.74 Å². The van der Waals surface area contributed by atoms with E-state index in [2.05, 4.69) is 0 Å². The molecule has 3 heteroatoms. The molecule has 1 unspecified atom stereocenters. The lowest BCUT2D eigenvalue weighted by Crippen LogP contribution is -2.16. The third kappa shape index (κ3) is 2.32. The van der Waals surface area contributed by atoms with E-state index < -0.39 is 0 Å². The van der Waals surface area contributed by atoms with Crippen molar-refractivity contribution in [2.45, 2.75) is 12.3 Å². The third-order valence-corrected chi connectivity index (χ3v) is 3.40. The standard InChI is InChI=1S/C16H14O3/c17-12-7-5-11(6-8-12)9-15(18)14-10-19-16-4-2-1-3-13(14)16/h1-8,14,17H,9-10H2. The Kier molecular flexibility index (Phi) is 2.95. The van der Waals surface area contributed by atoms with Crippen LogP contribution in [0.4, 0.5) is 0 Å². The largest absolute Gasteiger partial charge is 0.508 e. The van der Waals surface area contributed by atoms with Gasteiger partial charge in [-0.05, 0) is 23.8 Å². The highest BCUT2D eigenvalue weighted by Gasteiger charge is 2.29. The fraction of sp³-hybridized carbons (Fsp3) is 0.188. The highest BCUT2D eigenvalue weighted by Crippen LogP contribution is 2.34. The quantitative estimate of drug-likeness (QED) is 0.916. The molecule has 1 heterocycles. The van der Waals surface area contributed by atoms with Gasteiger partial charge in [0.1, 0.15) is 23.9 Å². The van der Waals surface area contributed by atoms with Crippen LogP contribution >= 0.6 is 0 Å². The zero-order valence-corrected chi connectivity index (χ0v) is 10.4. The number of ether oxygens (including phenoxy) is 1. The molecule has 3 nitrogen and oxygen atoms in total. The maximum absolute atomic E-state index is 12.3. The first kappa shape index (κ1) is 11.8. The van der Waals surface area contributed by atoms with Crippen LogP contribution < -0.4 is 4.74 Å². The minimum Gasteiger partial charge on any atom is -0.508 e. The number of phenols is 1. The number of hydrogen-bond donors (Lipinski definition) is 1. The Bertz CT molecular complexity index is 602. The molecule has 1 aliphatic heterocycles. The summed E-state index contributed by atoms with van der Waals surface area (Å²) in [6, 6.07) is 14.4. The molecule has 0 saturated carbocycles. The van der Waals surface area contributed by atoms with Crippen LogP contribution in [0.2, 0.25) is 0 Å². The molecule has 1 N–H and O–H groups in total. The highest BCUT2D eigenvalue weighted by atomic mass is 16.5. The number of aromatic hydroxyl groups is 1. The van der Waals surface area contributed by atoms with Gasteiger partial charge < -0.3 is 9.84 Å². The summed E-state index contributed by atoms with van der Waals surface area (Å²) in [5.41, 5.74) is 1.89. The van der Waals surface area contributed by atoms with E-state index in [0.717, 1.165) is 16.9 Å². The maximum Gasteiger partial charge on any atom is 0.148 e. The molecule has 1 atom stereocenters. The zero-order chi connectivity index (χ0) is 13.2. The number of carbonyl (C=O) groups excluding carboxylic acids is 1. The predicted octanol–water partition coefficient (Wildman–Crippen LogP) is 2.68. The van der Waals surface area contributed by atoms with E-state index in [0.29, 0.717) is 13.0 Å². The van der Waals surface area contributed by atoms with Crippen molar-refractivity contribution >= 4 is 5.78 Å².